The van der Waals surface area contributed by atoms with Crippen LogP contribution in [0.3, 0.4) is 0 Å². The monoisotopic (exact) mass is 292 g/mol. The maximum absolute atomic E-state index is 8.50. The van der Waals surface area contributed by atoms with E-state index in [4.69, 9.17) is 19.5 Å². The third-order valence-corrected chi connectivity index (χ3v) is 3.01. The summed E-state index contributed by atoms with van der Waals surface area (Å²) in [6, 6.07) is 7.93. The van der Waals surface area contributed by atoms with Crippen LogP contribution in [0.5, 0.6) is 11.5 Å². The number of nitrogens with zero attached hydrogens (tertiary/aromatic N) is 1. The van der Waals surface area contributed by atoms with Crippen LogP contribution in [0.4, 0.5) is 0 Å². The summed E-state index contributed by atoms with van der Waals surface area (Å²) in [7, 11) is 3.34. The number of methoxy groups -OCH3 is 2. The van der Waals surface area contributed by atoms with Crippen molar-refractivity contribution < 1.29 is 14.2 Å². The van der Waals surface area contributed by atoms with Crippen LogP contribution in [0.25, 0.3) is 0 Å². The fourth-order valence-electron chi connectivity index (χ4n) is 1.85. The first-order chi connectivity index (χ1) is 10.3. The van der Waals surface area contributed by atoms with Crippen LogP contribution in [-0.4, -0.2) is 34.0 Å². The third kappa shape index (κ3) is 6.98. The van der Waals surface area contributed by atoms with E-state index in [-0.39, 0.29) is 0 Å². The molecule has 5 heteroatoms. The van der Waals surface area contributed by atoms with E-state index < -0.39 is 0 Å². The summed E-state index contributed by atoms with van der Waals surface area (Å²) in [6.45, 7) is 2.79. The topological polar surface area (TPSA) is 63.5 Å². The lowest BCUT2D eigenvalue weighted by Gasteiger charge is -2.13. The molecule has 0 radical (unpaired) electrons. The summed E-state index contributed by atoms with van der Waals surface area (Å²) in [5.41, 5.74) is 1.06. The van der Waals surface area contributed by atoms with Crippen molar-refractivity contribution in [2.24, 2.45) is 0 Å². The van der Waals surface area contributed by atoms with Crippen LogP contribution in [-0.2, 0) is 11.3 Å². The van der Waals surface area contributed by atoms with Gasteiger partial charge in [0.2, 0.25) is 0 Å². The largest absolute Gasteiger partial charge is 0.497 e. The molecule has 0 aromatic heterocycles. The third-order valence-electron chi connectivity index (χ3n) is 3.01. The van der Waals surface area contributed by atoms with Crippen molar-refractivity contribution in [3.63, 3.8) is 0 Å². The first-order valence-corrected chi connectivity index (χ1v) is 7.18. The highest BCUT2D eigenvalue weighted by atomic mass is 16.5. The second-order valence-electron chi connectivity index (χ2n) is 4.61. The number of benzene rings is 1. The molecular weight excluding hydrogens is 268 g/mol. The van der Waals surface area contributed by atoms with Gasteiger partial charge in [0.1, 0.15) is 11.5 Å². The van der Waals surface area contributed by atoms with Gasteiger partial charge in [-0.2, -0.15) is 5.26 Å². The predicted molar refractivity (Wildman–Crippen MR) is 81.5 cm³/mol. The second kappa shape index (κ2) is 11.0. The Morgan fingerprint density at radius 3 is 2.76 bits per heavy atom. The van der Waals surface area contributed by atoms with Crippen LogP contribution in [0.2, 0.25) is 0 Å². The lowest BCUT2D eigenvalue weighted by atomic mass is 10.2. The molecule has 0 aliphatic heterocycles. The van der Waals surface area contributed by atoms with Crippen molar-refractivity contribution in [1.82, 2.24) is 5.32 Å². The Hall–Kier alpha value is -1.77. The molecule has 1 rings (SSSR count). The van der Waals surface area contributed by atoms with Gasteiger partial charge in [-0.05, 0) is 31.0 Å². The molecular formula is C16H24N2O3. The van der Waals surface area contributed by atoms with E-state index in [9.17, 15) is 0 Å². The van der Waals surface area contributed by atoms with E-state index in [1.807, 2.05) is 18.2 Å². The second-order valence-corrected chi connectivity index (χ2v) is 4.61. The Morgan fingerprint density at radius 1 is 1.19 bits per heavy atom. The zero-order valence-corrected chi connectivity index (χ0v) is 12.9. The lowest BCUT2D eigenvalue weighted by molar-refractivity contribution is 0.199. The summed E-state index contributed by atoms with van der Waals surface area (Å²) >= 11 is 0. The summed E-state index contributed by atoms with van der Waals surface area (Å²) < 4.78 is 16.1. The fraction of sp³-hybridized carbons (Fsp3) is 0.562. The van der Waals surface area contributed by atoms with Gasteiger partial charge in [0.05, 0.1) is 26.4 Å². The van der Waals surface area contributed by atoms with Crippen molar-refractivity contribution in [1.29, 1.82) is 5.26 Å². The van der Waals surface area contributed by atoms with Gasteiger partial charge >= 0.3 is 0 Å². The smallest absolute Gasteiger partial charge is 0.124 e. The van der Waals surface area contributed by atoms with E-state index >= 15 is 0 Å². The minimum Gasteiger partial charge on any atom is -0.497 e. The molecule has 0 unspecified atom stereocenters. The minimum atomic E-state index is 0.581. The highest BCUT2D eigenvalue weighted by molar-refractivity contribution is 5.40. The molecule has 0 fully saturated rings. The van der Waals surface area contributed by atoms with Crippen LogP contribution in [0.15, 0.2) is 18.2 Å². The number of nitriles is 1. The molecule has 0 saturated heterocycles. The van der Waals surface area contributed by atoms with E-state index in [1.165, 1.54) is 0 Å². The molecule has 0 heterocycles. The molecule has 1 N–H and O–H groups in total. The summed E-state index contributed by atoms with van der Waals surface area (Å²) in [6.07, 6.45) is 2.33. The van der Waals surface area contributed by atoms with Crippen LogP contribution in [0, 0.1) is 11.3 Å². The Balaban J connectivity index is 2.53. The average Bonchev–Trinajstić information content (AvgIpc) is 2.52. The number of hydrogen-bond donors (Lipinski definition) is 1. The standard InChI is InChI=1S/C16H24N2O3/c1-19-11-9-18-13-14-12-15(20-2)6-7-16(14)21-10-5-3-4-8-17/h6-7,12,18H,3-5,9-11,13H2,1-2H3. The molecule has 5 nitrogen and oxygen atoms in total. The fourth-order valence-corrected chi connectivity index (χ4v) is 1.85. The normalized spacial score (nSPS) is 10.1. The van der Waals surface area contributed by atoms with E-state index in [0.29, 0.717) is 26.2 Å². The van der Waals surface area contributed by atoms with Gasteiger partial charge in [0, 0.05) is 32.2 Å². The highest BCUT2D eigenvalue weighted by Crippen LogP contribution is 2.24. The quantitative estimate of drug-likeness (QED) is 0.635. The number of ether oxygens (including phenoxy) is 3. The predicted octanol–water partition coefficient (Wildman–Crippen LogP) is 2.50. The Morgan fingerprint density at radius 2 is 2.05 bits per heavy atom. The van der Waals surface area contributed by atoms with Gasteiger partial charge < -0.3 is 19.5 Å². The van der Waals surface area contributed by atoms with Gasteiger partial charge in [-0.1, -0.05) is 0 Å². The zero-order chi connectivity index (χ0) is 15.3. The van der Waals surface area contributed by atoms with Crippen LogP contribution in [0.1, 0.15) is 24.8 Å². The number of unbranched alkanes of at least 4 members (excludes halogenated alkanes) is 2. The zero-order valence-electron chi connectivity index (χ0n) is 12.9. The molecule has 0 atom stereocenters. The lowest BCUT2D eigenvalue weighted by Crippen LogP contribution is -2.19. The van der Waals surface area contributed by atoms with Gasteiger partial charge in [0.25, 0.3) is 0 Å². The molecule has 0 amide bonds. The Bertz CT molecular complexity index is 444. The van der Waals surface area contributed by atoms with Gasteiger partial charge in [-0.15, -0.1) is 0 Å². The SMILES string of the molecule is COCCNCc1cc(OC)ccc1OCCCCC#N. The summed E-state index contributed by atoms with van der Waals surface area (Å²) in [4.78, 5) is 0. The highest BCUT2D eigenvalue weighted by Gasteiger charge is 2.06. The first-order valence-electron chi connectivity index (χ1n) is 7.18. The molecule has 1 aromatic rings. The van der Waals surface area contributed by atoms with Crippen LogP contribution < -0.4 is 14.8 Å². The molecule has 0 spiro atoms. The molecule has 0 bridgehead atoms. The summed E-state index contributed by atoms with van der Waals surface area (Å²) in [5, 5.41) is 11.8. The first kappa shape index (κ1) is 17.3. The van der Waals surface area contributed by atoms with E-state index in [2.05, 4.69) is 11.4 Å². The van der Waals surface area contributed by atoms with Crippen molar-refractivity contribution in [2.45, 2.75) is 25.8 Å². The van der Waals surface area contributed by atoms with Gasteiger partial charge in [-0.25, -0.2) is 0 Å². The minimum absolute atomic E-state index is 0.581. The van der Waals surface area contributed by atoms with Crippen molar-refractivity contribution in [3.05, 3.63) is 23.8 Å². The molecule has 0 saturated carbocycles. The Labute approximate surface area is 126 Å². The maximum Gasteiger partial charge on any atom is 0.124 e. The van der Waals surface area contributed by atoms with Crippen molar-refractivity contribution in [2.75, 3.05) is 34.0 Å². The molecule has 0 aliphatic rings. The van der Waals surface area contributed by atoms with Crippen molar-refractivity contribution >= 4 is 0 Å². The number of hydrogen-bond acceptors (Lipinski definition) is 5. The molecule has 0 aliphatic carbocycles. The molecule has 116 valence electrons. The summed E-state index contributed by atoms with van der Waals surface area (Å²) in [5.74, 6) is 1.67. The van der Waals surface area contributed by atoms with E-state index in [1.54, 1.807) is 14.2 Å². The maximum atomic E-state index is 8.50. The number of nitrogens with one attached hydrogen (secondary N) is 1. The van der Waals surface area contributed by atoms with Crippen molar-refractivity contribution in [3.8, 4) is 17.6 Å². The van der Waals surface area contributed by atoms with Gasteiger partial charge in [0.15, 0.2) is 0 Å². The average molecular weight is 292 g/mol. The van der Waals surface area contributed by atoms with Gasteiger partial charge in [-0.3, -0.25) is 0 Å². The number of rotatable bonds is 11. The van der Waals surface area contributed by atoms with Crippen LogP contribution >= 0.6 is 0 Å². The Kier molecular flexibility index (Phi) is 9.01. The molecule has 21 heavy (non-hydrogen) atoms. The van der Waals surface area contributed by atoms with E-state index in [0.717, 1.165) is 36.4 Å². The molecule has 1 aromatic carbocycles.